The molecule has 0 bridgehead atoms. The molecule has 2 atom stereocenters. The summed E-state index contributed by atoms with van der Waals surface area (Å²) < 4.78 is 15.0. The lowest BCUT2D eigenvalue weighted by Crippen LogP contribution is -2.30. The second kappa shape index (κ2) is 8.00. The third-order valence-corrected chi connectivity index (χ3v) is 4.19. The topological polar surface area (TPSA) is 63.0 Å². The molecule has 0 saturated carbocycles. The maximum Gasteiger partial charge on any atom is 0.137 e. The van der Waals surface area contributed by atoms with E-state index in [1.165, 1.54) is 18.5 Å². The van der Waals surface area contributed by atoms with Crippen LogP contribution in [0.1, 0.15) is 28.8 Å². The number of hydrogen-bond acceptors (Lipinski definition) is 4. The third kappa shape index (κ3) is 4.49. The smallest absolute Gasteiger partial charge is 0.137 e. The van der Waals surface area contributed by atoms with Crippen LogP contribution in [0, 0.1) is 12.7 Å². The van der Waals surface area contributed by atoms with Crippen LogP contribution >= 0.6 is 0 Å². The van der Waals surface area contributed by atoms with Gasteiger partial charge in [-0.3, -0.25) is 4.68 Å². The molecule has 0 aliphatic heterocycles. The van der Waals surface area contributed by atoms with E-state index in [9.17, 15) is 9.50 Å². The van der Waals surface area contributed by atoms with Crippen molar-refractivity contribution < 1.29 is 9.50 Å². The summed E-state index contributed by atoms with van der Waals surface area (Å²) in [5.41, 5.74) is 2.56. The number of aryl methyl sites for hydroxylation is 1. The molecule has 25 heavy (non-hydrogen) atoms. The molecule has 130 valence electrons. The Hall–Kier alpha value is -2.57. The van der Waals surface area contributed by atoms with Crippen LogP contribution in [0.3, 0.4) is 0 Å². The molecule has 3 rings (SSSR count). The van der Waals surface area contributed by atoms with Gasteiger partial charge >= 0.3 is 0 Å². The van der Waals surface area contributed by atoms with E-state index in [4.69, 9.17) is 0 Å². The Morgan fingerprint density at radius 3 is 2.68 bits per heavy atom. The fourth-order valence-electron chi connectivity index (χ4n) is 2.86. The molecule has 0 aliphatic rings. The van der Waals surface area contributed by atoms with Gasteiger partial charge in [0.05, 0.1) is 18.7 Å². The molecule has 6 heteroatoms. The lowest BCUT2D eigenvalue weighted by atomic mass is 10.0. The minimum absolute atomic E-state index is 0.0293. The van der Waals surface area contributed by atoms with Crippen LogP contribution in [0.25, 0.3) is 0 Å². The van der Waals surface area contributed by atoms with E-state index in [0.29, 0.717) is 13.1 Å². The van der Waals surface area contributed by atoms with Crippen molar-refractivity contribution >= 4 is 0 Å². The van der Waals surface area contributed by atoms with Crippen molar-refractivity contribution in [2.75, 3.05) is 6.54 Å². The van der Waals surface area contributed by atoms with E-state index < -0.39 is 6.10 Å². The summed E-state index contributed by atoms with van der Waals surface area (Å²) in [6.45, 7) is 2.74. The Morgan fingerprint density at radius 1 is 1.20 bits per heavy atom. The summed E-state index contributed by atoms with van der Waals surface area (Å²) in [6, 6.07) is 14.4. The first-order chi connectivity index (χ1) is 12.1. The zero-order valence-corrected chi connectivity index (χ0v) is 14.0. The molecule has 3 aromatic rings. The average Bonchev–Trinajstić information content (AvgIpc) is 3.12. The molecule has 0 spiro atoms. The van der Waals surface area contributed by atoms with Crippen LogP contribution in [-0.2, 0) is 6.54 Å². The molecule has 0 aliphatic carbocycles. The van der Waals surface area contributed by atoms with Crippen molar-refractivity contribution in [3.05, 3.63) is 83.7 Å². The Labute approximate surface area is 146 Å². The molecular formula is C19H21FN4O. The molecule has 2 unspecified atom stereocenters. The highest BCUT2D eigenvalue weighted by Gasteiger charge is 2.16. The Balaban J connectivity index is 1.71. The molecule has 1 aromatic heterocycles. The molecule has 2 aromatic carbocycles. The van der Waals surface area contributed by atoms with Gasteiger partial charge in [-0.05, 0) is 35.7 Å². The van der Waals surface area contributed by atoms with Crippen molar-refractivity contribution in [3.8, 4) is 0 Å². The van der Waals surface area contributed by atoms with Crippen LogP contribution in [-0.4, -0.2) is 26.4 Å². The summed E-state index contributed by atoms with van der Waals surface area (Å²) in [7, 11) is 0. The monoisotopic (exact) mass is 340 g/mol. The molecule has 0 fully saturated rings. The van der Waals surface area contributed by atoms with Crippen LogP contribution in [0.5, 0.6) is 0 Å². The van der Waals surface area contributed by atoms with E-state index in [2.05, 4.69) is 15.4 Å². The van der Waals surface area contributed by atoms with Crippen molar-refractivity contribution in [2.45, 2.75) is 25.6 Å². The molecule has 0 saturated heterocycles. The number of rotatable bonds is 7. The Kier molecular flexibility index (Phi) is 5.53. The maximum absolute atomic E-state index is 13.2. The Bertz CT molecular complexity index is 792. The van der Waals surface area contributed by atoms with Gasteiger partial charge in [-0.1, -0.05) is 36.4 Å². The second-order valence-corrected chi connectivity index (χ2v) is 6.01. The largest absolute Gasteiger partial charge is 0.387 e. The summed E-state index contributed by atoms with van der Waals surface area (Å²) in [4.78, 5) is 3.97. The first-order valence-electron chi connectivity index (χ1n) is 8.18. The SMILES string of the molecule is Cc1cc(F)ccc1C(O)CNC(Cn1cncn1)c1ccccc1. The molecule has 2 N–H and O–H groups in total. The number of aliphatic hydroxyl groups excluding tert-OH is 1. The van der Waals surface area contributed by atoms with Crippen LogP contribution in [0.15, 0.2) is 61.2 Å². The van der Waals surface area contributed by atoms with Crippen LogP contribution in [0.4, 0.5) is 4.39 Å². The fourth-order valence-corrected chi connectivity index (χ4v) is 2.86. The minimum Gasteiger partial charge on any atom is -0.387 e. The lowest BCUT2D eigenvalue weighted by Gasteiger charge is -2.22. The van der Waals surface area contributed by atoms with Gasteiger partial charge in [0.25, 0.3) is 0 Å². The highest BCUT2D eigenvalue weighted by atomic mass is 19.1. The normalized spacial score (nSPS) is 13.6. The summed E-state index contributed by atoms with van der Waals surface area (Å²) in [5, 5.41) is 18.0. The second-order valence-electron chi connectivity index (χ2n) is 6.01. The van der Waals surface area contributed by atoms with E-state index >= 15 is 0 Å². The summed E-state index contributed by atoms with van der Waals surface area (Å²) in [6.07, 6.45) is 2.44. The summed E-state index contributed by atoms with van der Waals surface area (Å²) in [5.74, 6) is -0.297. The number of nitrogens with one attached hydrogen (secondary N) is 1. The highest BCUT2D eigenvalue weighted by molar-refractivity contribution is 5.29. The predicted molar refractivity (Wildman–Crippen MR) is 93.3 cm³/mol. The first kappa shape index (κ1) is 17.3. The van der Waals surface area contributed by atoms with Crippen LogP contribution < -0.4 is 5.32 Å². The third-order valence-electron chi connectivity index (χ3n) is 4.19. The molecule has 0 radical (unpaired) electrons. The number of hydrogen-bond donors (Lipinski definition) is 2. The molecule has 1 heterocycles. The van der Waals surface area contributed by atoms with Gasteiger partial charge in [0, 0.05) is 6.54 Å². The summed E-state index contributed by atoms with van der Waals surface area (Å²) >= 11 is 0. The minimum atomic E-state index is -0.720. The van der Waals surface area contributed by atoms with E-state index in [1.807, 2.05) is 30.3 Å². The van der Waals surface area contributed by atoms with Gasteiger partial charge in [-0.25, -0.2) is 9.37 Å². The van der Waals surface area contributed by atoms with Crippen molar-refractivity contribution in [1.29, 1.82) is 0 Å². The number of benzene rings is 2. The van der Waals surface area contributed by atoms with Crippen molar-refractivity contribution in [3.63, 3.8) is 0 Å². The molecular weight excluding hydrogens is 319 g/mol. The fraction of sp³-hybridized carbons (Fsp3) is 0.263. The lowest BCUT2D eigenvalue weighted by molar-refractivity contribution is 0.167. The number of aromatic nitrogens is 3. The zero-order chi connectivity index (χ0) is 17.6. The van der Waals surface area contributed by atoms with Crippen molar-refractivity contribution in [1.82, 2.24) is 20.1 Å². The van der Waals surface area contributed by atoms with Crippen LogP contribution in [0.2, 0.25) is 0 Å². The van der Waals surface area contributed by atoms with Crippen molar-refractivity contribution in [2.24, 2.45) is 0 Å². The molecule has 0 amide bonds. The van der Waals surface area contributed by atoms with Gasteiger partial charge in [0.15, 0.2) is 0 Å². The zero-order valence-electron chi connectivity index (χ0n) is 14.0. The van der Waals surface area contributed by atoms with Gasteiger partial charge in [-0.2, -0.15) is 5.10 Å². The standard InChI is InChI=1S/C19H21FN4O/c1-14-9-16(20)7-8-17(14)19(25)10-22-18(11-24-13-21-12-23-24)15-5-3-2-4-6-15/h2-9,12-13,18-19,22,25H,10-11H2,1H3. The quantitative estimate of drug-likeness (QED) is 0.694. The van der Waals surface area contributed by atoms with Gasteiger partial charge in [-0.15, -0.1) is 0 Å². The van der Waals surface area contributed by atoms with E-state index in [-0.39, 0.29) is 11.9 Å². The highest BCUT2D eigenvalue weighted by Crippen LogP contribution is 2.20. The van der Waals surface area contributed by atoms with Gasteiger partial charge in [0.2, 0.25) is 0 Å². The van der Waals surface area contributed by atoms with Gasteiger partial charge < -0.3 is 10.4 Å². The average molecular weight is 340 g/mol. The van der Waals surface area contributed by atoms with E-state index in [0.717, 1.165) is 16.7 Å². The maximum atomic E-state index is 13.2. The van der Waals surface area contributed by atoms with Gasteiger partial charge in [0.1, 0.15) is 18.5 Å². The first-order valence-corrected chi connectivity index (χ1v) is 8.18. The Morgan fingerprint density at radius 2 is 2.00 bits per heavy atom. The molecule has 5 nitrogen and oxygen atoms in total. The predicted octanol–water partition coefficient (Wildman–Crippen LogP) is 2.79. The van der Waals surface area contributed by atoms with E-state index in [1.54, 1.807) is 24.0 Å². The number of aliphatic hydroxyl groups is 1. The number of nitrogens with zero attached hydrogens (tertiary/aromatic N) is 3. The number of halogens is 1.